The monoisotopic (exact) mass is 462 g/mol. The van der Waals surface area contributed by atoms with E-state index in [2.05, 4.69) is 51.8 Å². The molecule has 1 heterocycles. The van der Waals surface area contributed by atoms with Crippen molar-refractivity contribution < 1.29 is 0 Å². The Labute approximate surface area is 163 Å². The molecule has 0 aliphatic rings. The molecule has 0 amide bonds. The molecule has 4 nitrogen and oxygen atoms in total. The maximum absolute atomic E-state index is 4.40. The molecule has 126 valence electrons. The Kier molecular flexibility index (Phi) is 10.3. The number of thioether (sulfide) groups is 1. The van der Waals surface area contributed by atoms with Gasteiger partial charge in [0.25, 0.3) is 0 Å². The Morgan fingerprint density at radius 3 is 2.70 bits per heavy atom. The van der Waals surface area contributed by atoms with E-state index in [0.717, 1.165) is 36.2 Å². The summed E-state index contributed by atoms with van der Waals surface area (Å²) in [4.78, 5) is 11.2. The number of benzene rings is 1. The van der Waals surface area contributed by atoms with Gasteiger partial charge in [0.2, 0.25) is 0 Å². The Morgan fingerprint density at radius 1 is 1.26 bits per heavy atom. The minimum absolute atomic E-state index is 0. The first-order valence-electron chi connectivity index (χ1n) is 7.37. The van der Waals surface area contributed by atoms with Gasteiger partial charge in [-0.05, 0) is 18.6 Å². The largest absolute Gasteiger partial charge is 0.356 e. The standard InChI is InChI=1S/C16H22N4S2.HI/c1-3-13-11-19-15(22-13)12-20-16(17-2)18-9-10-21-14-7-5-4-6-8-14;/h4-8,11H,3,9-10,12H2,1-2H3,(H2,17,18,20);1H. The molecular weight excluding hydrogens is 439 g/mol. The lowest BCUT2D eigenvalue weighted by Crippen LogP contribution is -2.37. The number of guanidine groups is 1. The first-order chi connectivity index (χ1) is 10.8. The summed E-state index contributed by atoms with van der Waals surface area (Å²) in [5.41, 5.74) is 0. The van der Waals surface area contributed by atoms with Crippen molar-refractivity contribution in [2.24, 2.45) is 4.99 Å². The van der Waals surface area contributed by atoms with Gasteiger partial charge in [-0.25, -0.2) is 4.98 Å². The molecule has 1 aromatic carbocycles. The van der Waals surface area contributed by atoms with Crippen LogP contribution in [-0.4, -0.2) is 30.3 Å². The molecule has 0 saturated carbocycles. The van der Waals surface area contributed by atoms with Gasteiger partial charge in [0.05, 0.1) is 6.54 Å². The van der Waals surface area contributed by atoms with Crippen LogP contribution in [0.3, 0.4) is 0 Å². The minimum atomic E-state index is 0. The molecule has 1 aromatic heterocycles. The van der Waals surface area contributed by atoms with E-state index in [1.165, 1.54) is 9.77 Å². The molecule has 0 saturated heterocycles. The smallest absolute Gasteiger partial charge is 0.191 e. The fourth-order valence-corrected chi connectivity index (χ4v) is 3.42. The van der Waals surface area contributed by atoms with E-state index >= 15 is 0 Å². The lowest BCUT2D eigenvalue weighted by atomic mass is 10.4. The van der Waals surface area contributed by atoms with Crippen molar-refractivity contribution >= 4 is 53.0 Å². The second-order valence-corrected chi connectivity index (χ2v) is 6.96. The summed E-state index contributed by atoms with van der Waals surface area (Å²) in [6.07, 6.45) is 3.00. The normalized spacial score (nSPS) is 11.0. The summed E-state index contributed by atoms with van der Waals surface area (Å²) in [6, 6.07) is 10.4. The van der Waals surface area contributed by atoms with Crippen LogP contribution in [0.25, 0.3) is 0 Å². The highest BCUT2D eigenvalue weighted by Crippen LogP contribution is 2.15. The van der Waals surface area contributed by atoms with Crippen LogP contribution in [0.2, 0.25) is 0 Å². The molecule has 2 aromatic rings. The number of nitrogens with zero attached hydrogens (tertiary/aromatic N) is 2. The van der Waals surface area contributed by atoms with Crippen LogP contribution in [0.4, 0.5) is 0 Å². The molecule has 0 unspecified atom stereocenters. The summed E-state index contributed by atoms with van der Waals surface area (Å²) in [6.45, 7) is 3.74. The van der Waals surface area contributed by atoms with Crippen LogP contribution in [0.15, 0.2) is 46.4 Å². The third-order valence-corrected chi connectivity index (χ3v) is 5.14. The van der Waals surface area contributed by atoms with Crippen molar-refractivity contribution in [3.05, 3.63) is 46.4 Å². The highest BCUT2D eigenvalue weighted by atomic mass is 127. The average molecular weight is 462 g/mol. The third kappa shape index (κ3) is 7.54. The molecule has 0 aliphatic carbocycles. The molecule has 2 rings (SSSR count). The Bertz CT molecular complexity index is 587. The summed E-state index contributed by atoms with van der Waals surface area (Å²) < 4.78 is 0. The second-order valence-electron chi connectivity index (χ2n) is 4.59. The predicted octanol–water partition coefficient (Wildman–Crippen LogP) is 3.78. The van der Waals surface area contributed by atoms with Crippen molar-refractivity contribution in [3.8, 4) is 0 Å². The number of rotatable bonds is 7. The SMILES string of the molecule is CCc1cnc(CNC(=NC)NCCSc2ccccc2)s1.I. The molecule has 0 radical (unpaired) electrons. The number of hydrogen-bond acceptors (Lipinski definition) is 4. The molecule has 0 bridgehead atoms. The zero-order valence-corrected chi connectivity index (χ0v) is 17.4. The molecule has 0 aliphatic heterocycles. The number of thiazole rings is 1. The maximum atomic E-state index is 4.40. The molecular formula is C16H23IN4S2. The fourth-order valence-electron chi connectivity index (χ4n) is 1.83. The summed E-state index contributed by atoms with van der Waals surface area (Å²) >= 11 is 3.59. The van der Waals surface area contributed by atoms with E-state index in [0.29, 0.717) is 0 Å². The Morgan fingerprint density at radius 2 is 2.04 bits per heavy atom. The predicted molar refractivity (Wildman–Crippen MR) is 112 cm³/mol. The van der Waals surface area contributed by atoms with E-state index in [4.69, 9.17) is 0 Å². The van der Waals surface area contributed by atoms with Gasteiger partial charge >= 0.3 is 0 Å². The number of halogens is 1. The topological polar surface area (TPSA) is 49.3 Å². The van der Waals surface area contributed by atoms with Crippen molar-refractivity contribution in [2.45, 2.75) is 24.8 Å². The summed E-state index contributed by atoms with van der Waals surface area (Å²) in [5.74, 6) is 1.82. The molecule has 0 fully saturated rings. The number of aromatic nitrogens is 1. The van der Waals surface area contributed by atoms with E-state index in [-0.39, 0.29) is 24.0 Å². The Balaban J connectivity index is 0.00000264. The van der Waals surface area contributed by atoms with E-state index in [1.807, 2.05) is 24.0 Å². The highest BCUT2D eigenvalue weighted by molar-refractivity contribution is 14.0. The van der Waals surface area contributed by atoms with Crippen molar-refractivity contribution in [1.82, 2.24) is 15.6 Å². The van der Waals surface area contributed by atoms with Crippen LogP contribution in [0, 0.1) is 0 Å². The zero-order chi connectivity index (χ0) is 15.6. The minimum Gasteiger partial charge on any atom is -0.356 e. The first-order valence-corrected chi connectivity index (χ1v) is 9.18. The molecule has 0 atom stereocenters. The second kappa shape index (κ2) is 11.7. The lowest BCUT2D eigenvalue weighted by Gasteiger charge is -2.10. The van der Waals surface area contributed by atoms with Gasteiger partial charge in [-0.3, -0.25) is 4.99 Å². The zero-order valence-electron chi connectivity index (χ0n) is 13.4. The van der Waals surface area contributed by atoms with Crippen LogP contribution < -0.4 is 10.6 Å². The molecule has 2 N–H and O–H groups in total. The van der Waals surface area contributed by atoms with Crippen LogP contribution in [0.1, 0.15) is 16.8 Å². The van der Waals surface area contributed by atoms with Gasteiger partial charge in [-0.15, -0.1) is 47.1 Å². The van der Waals surface area contributed by atoms with E-state index in [1.54, 1.807) is 18.4 Å². The molecule has 7 heteroatoms. The number of aryl methyl sites for hydroxylation is 1. The van der Waals surface area contributed by atoms with Crippen molar-refractivity contribution in [2.75, 3.05) is 19.3 Å². The van der Waals surface area contributed by atoms with Crippen LogP contribution >= 0.6 is 47.1 Å². The molecule has 23 heavy (non-hydrogen) atoms. The van der Waals surface area contributed by atoms with E-state index < -0.39 is 0 Å². The number of aliphatic imine (C=N–C) groups is 1. The summed E-state index contributed by atoms with van der Waals surface area (Å²) in [5, 5.41) is 7.72. The quantitative estimate of drug-likeness (QED) is 0.216. The van der Waals surface area contributed by atoms with Crippen LogP contribution in [0.5, 0.6) is 0 Å². The van der Waals surface area contributed by atoms with Crippen molar-refractivity contribution in [1.29, 1.82) is 0 Å². The van der Waals surface area contributed by atoms with Gasteiger partial charge in [0.1, 0.15) is 5.01 Å². The number of hydrogen-bond donors (Lipinski definition) is 2. The maximum Gasteiger partial charge on any atom is 0.191 e. The number of nitrogens with one attached hydrogen (secondary N) is 2. The molecule has 0 spiro atoms. The Hall–Kier alpha value is -0.800. The van der Waals surface area contributed by atoms with E-state index in [9.17, 15) is 0 Å². The average Bonchev–Trinajstić information content (AvgIpc) is 3.03. The van der Waals surface area contributed by atoms with Gasteiger partial charge in [-0.1, -0.05) is 25.1 Å². The van der Waals surface area contributed by atoms with Gasteiger partial charge in [-0.2, -0.15) is 0 Å². The van der Waals surface area contributed by atoms with Crippen LogP contribution in [-0.2, 0) is 13.0 Å². The van der Waals surface area contributed by atoms with Gasteiger partial charge in [0.15, 0.2) is 5.96 Å². The third-order valence-electron chi connectivity index (χ3n) is 2.99. The van der Waals surface area contributed by atoms with Gasteiger partial charge in [0, 0.05) is 35.3 Å². The lowest BCUT2D eigenvalue weighted by molar-refractivity contribution is 0.827. The highest BCUT2D eigenvalue weighted by Gasteiger charge is 2.02. The fraction of sp³-hybridized carbons (Fsp3) is 0.375. The first kappa shape index (κ1) is 20.2. The van der Waals surface area contributed by atoms with Crippen molar-refractivity contribution in [3.63, 3.8) is 0 Å². The summed E-state index contributed by atoms with van der Waals surface area (Å²) in [7, 11) is 1.79. The van der Waals surface area contributed by atoms with Gasteiger partial charge < -0.3 is 10.6 Å².